The maximum absolute atomic E-state index is 12.8. The van der Waals surface area contributed by atoms with Gasteiger partial charge in [-0.1, -0.05) is 40.0 Å². The van der Waals surface area contributed by atoms with Crippen molar-refractivity contribution < 1.29 is 4.79 Å². The van der Waals surface area contributed by atoms with Crippen LogP contribution < -0.4 is 10.6 Å². The molecule has 0 aromatic carbocycles. The molecule has 3 heteroatoms. The summed E-state index contributed by atoms with van der Waals surface area (Å²) >= 11 is 0. The summed E-state index contributed by atoms with van der Waals surface area (Å²) < 4.78 is 0. The molecule has 110 valence electrons. The molecule has 1 amide bonds. The van der Waals surface area contributed by atoms with Gasteiger partial charge in [-0.25, -0.2) is 0 Å². The maximum atomic E-state index is 12.8. The molecule has 2 rings (SSSR count). The number of carbonyl (C=O) groups excluding carboxylic acids is 1. The van der Waals surface area contributed by atoms with Gasteiger partial charge in [0.1, 0.15) is 0 Å². The van der Waals surface area contributed by atoms with Crippen molar-refractivity contribution in [3.05, 3.63) is 0 Å². The van der Waals surface area contributed by atoms with Gasteiger partial charge in [-0.3, -0.25) is 4.79 Å². The molecule has 19 heavy (non-hydrogen) atoms. The summed E-state index contributed by atoms with van der Waals surface area (Å²) in [6, 6.07) is 0.364. The van der Waals surface area contributed by atoms with E-state index in [1.54, 1.807) is 0 Å². The first-order chi connectivity index (χ1) is 9.00. The third-order valence-electron chi connectivity index (χ3n) is 5.27. The van der Waals surface area contributed by atoms with Crippen LogP contribution in [0.5, 0.6) is 0 Å². The van der Waals surface area contributed by atoms with Crippen LogP contribution in [0.25, 0.3) is 0 Å². The Bertz CT molecular complexity index is 319. The number of hydrogen-bond acceptors (Lipinski definition) is 2. The van der Waals surface area contributed by atoms with Gasteiger partial charge in [-0.05, 0) is 37.6 Å². The zero-order valence-electron chi connectivity index (χ0n) is 12.8. The molecule has 0 bridgehead atoms. The molecule has 0 aromatic heterocycles. The van der Waals surface area contributed by atoms with E-state index in [1.807, 2.05) is 0 Å². The Morgan fingerprint density at radius 3 is 2.68 bits per heavy atom. The minimum atomic E-state index is -0.137. The van der Waals surface area contributed by atoms with Crippen molar-refractivity contribution >= 4 is 5.91 Å². The third kappa shape index (κ3) is 3.13. The molecule has 0 aromatic rings. The van der Waals surface area contributed by atoms with E-state index in [1.165, 1.54) is 19.3 Å². The number of amides is 1. The second kappa shape index (κ2) is 5.82. The highest BCUT2D eigenvalue weighted by Crippen LogP contribution is 2.37. The van der Waals surface area contributed by atoms with E-state index in [2.05, 4.69) is 31.4 Å². The zero-order chi connectivity index (χ0) is 13.9. The van der Waals surface area contributed by atoms with E-state index < -0.39 is 0 Å². The first-order valence-electron chi connectivity index (χ1n) is 8.02. The lowest BCUT2D eigenvalue weighted by atomic mass is 9.72. The quantitative estimate of drug-likeness (QED) is 0.821. The van der Waals surface area contributed by atoms with E-state index in [0.29, 0.717) is 11.9 Å². The molecule has 1 aliphatic carbocycles. The second-order valence-electron chi connectivity index (χ2n) is 7.22. The van der Waals surface area contributed by atoms with Crippen LogP contribution >= 0.6 is 0 Å². The van der Waals surface area contributed by atoms with Crippen LogP contribution in [0.4, 0.5) is 0 Å². The monoisotopic (exact) mass is 266 g/mol. The minimum absolute atomic E-state index is 0.137. The normalized spacial score (nSPS) is 34.2. The summed E-state index contributed by atoms with van der Waals surface area (Å²) in [5.41, 5.74) is 0.121. The van der Waals surface area contributed by atoms with E-state index >= 15 is 0 Å². The third-order valence-corrected chi connectivity index (χ3v) is 5.27. The van der Waals surface area contributed by atoms with Gasteiger partial charge in [-0.2, -0.15) is 0 Å². The summed E-state index contributed by atoms with van der Waals surface area (Å²) in [5, 5.41) is 6.77. The van der Waals surface area contributed by atoms with Crippen molar-refractivity contribution in [1.82, 2.24) is 10.6 Å². The summed E-state index contributed by atoms with van der Waals surface area (Å²) in [6.45, 7) is 8.63. The van der Waals surface area contributed by atoms with E-state index in [0.717, 1.165) is 38.8 Å². The molecule has 1 aliphatic heterocycles. The number of rotatable bonds is 4. The molecule has 2 unspecified atom stereocenters. The highest BCUT2D eigenvalue weighted by Gasteiger charge is 2.43. The smallest absolute Gasteiger partial charge is 0.227 e. The van der Waals surface area contributed by atoms with Crippen LogP contribution in [0.3, 0.4) is 0 Å². The summed E-state index contributed by atoms with van der Waals surface area (Å²) in [7, 11) is 0. The Morgan fingerprint density at radius 2 is 2.11 bits per heavy atom. The van der Waals surface area contributed by atoms with Gasteiger partial charge in [0.2, 0.25) is 5.91 Å². The lowest BCUT2D eigenvalue weighted by Gasteiger charge is -2.41. The van der Waals surface area contributed by atoms with Crippen LogP contribution in [-0.2, 0) is 4.79 Å². The SMILES string of the molecule is CCCC1(C(=O)NC2CCCCC2(C)C)CCNC1. The predicted molar refractivity (Wildman–Crippen MR) is 79.0 cm³/mol. The standard InChI is InChI=1S/C16H30N2O/c1-4-8-16(10-11-17-12-16)14(19)18-13-7-5-6-9-15(13,2)3/h13,17H,4-12H2,1-3H3,(H,18,19). The summed E-state index contributed by atoms with van der Waals surface area (Å²) in [6.07, 6.45) is 8.04. The second-order valence-corrected chi connectivity index (χ2v) is 7.22. The Morgan fingerprint density at radius 1 is 1.32 bits per heavy atom. The molecule has 1 saturated heterocycles. The molecule has 2 fully saturated rings. The number of nitrogens with one attached hydrogen (secondary N) is 2. The number of carbonyl (C=O) groups is 1. The summed E-state index contributed by atoms with van der Waals surface area (Å²) in [4.78, 5) is 12.8. The molecule has 0 spiro atoms. The average Bonchev–Trinajstić information content (AvgIpc) is 2.82. The van der Waals surface area contributed by atoms with Crippen LogP contribution in [0.1, 0.15) is 65.7 Å². The van der Waals surface area contributed by atoms with Gasteiger partial charge in [0.15, 0.2) is 0 Å². The Balaban J connectivity index is 2.02. The molecular weight excluding hydrogens is 236 g/mol. The summed E-state index contributed by atoms with van der Waals surface area (Å²) in [5.74, 6) is 0.305. The first kappa shape index (κ1) is 14.8. The highest BCUT2D eigenvalue weighted by molar-refractivity contribution is 5.83. The molecular formula is C16H30N2O. The van der Waals surface area contributed by atoms with Crippen LogP contribution in [0.15, 0.2) is 0 Å². The largest absolute Gasteiger partial charge is 0.352 e. The fraction of sp³-hybridized carbons (Fsp3) is 0.938. The van der Waals surface area contributed by atoms with Gasteiger partial charge in [0.25, 0.3) is 0 Å². The Kier molecular flexibility index (Phi) is 4.54. The van der Waals surface area contributed by atoms with Gasteiger partial charge < -0.3 is 10.6 Å². The topological polar surface area (TPSA) is 41.1 Å². The average molecular weight is 266 g/mol. The van der Waals surface area contributed by atoms with Crippen LogP contribution in [-0.4, -0.2) is 25.0 Å². The first-order valence-corrected chi connectivity index (χ1v) is 8.02. The zero-order valence-corrected chi connectivity index (χ0v) is 12.8. The lowest BCUT2D eigenvalue weighted by molar-refractivity contribution is -0.132. The van der Waals surface area contributed by atoms with Crippen molar-refractivity contribution in [2.45, 2.75) is 71.8 Å². The lowest BCUT2D eigenvalue weighted by Crippen LogP contribution is -2.52. The number of hydrogen-bond donors (Lipinski definition) is 2. The Labute approximate surface area is 117 Å². The fourth-order valence-electron chi connectivity index (χ4n) is 3.82. The maximum Gasteiger partial charge on any atom is 0.227 e. The predicted octanol–water partition coefficient (Wildman–Crippen LogP) is 2.85. The van der Waals surface area contributed by atoms with Crippen molar-refractivity contribution in [1.29, 1.82) is 0 Å². The molecule has 0 radical (unpaired) electrons. The van der Waals surface area contributed by atoms with E-state index in [4.69, 9.17) is 0 Å². The van der Waals surface area contributed by atoms with Crippen molar-refractivity contribution in [2.75, 3.05) is 13.1 Å². The molecule has 1 heterocycles. The van der Waals surface area contributed by atoms with Gasteiger partial charge >= 0.3 is 0 Å². The Hall–Kier alpha value is -0.570. The van der Waals surface area contributed by atoms with Gasteiger partial charge in [-0.15, -0.1) is 0 Å². The van der Waals surface area contributed by atoms with Crippen molar-refractivity contribution in [2.24, 2.45) is 10.8 Å². The van der Waals surface area contributed by atoms with Gasteiger partial charge in [0, 0.05) is 12.6 Å². The molecule has 3 nitrogen and oxygen atoms in total. The van der Waals surface area contributed by atoms with Crippen LogP contribution in [0, 0.1) is 10.8 Å². The molecule has 2 aliphatic rings. The molecule has 2 N–H and O–H groups in total. The molecule has 1 saturated carbocycles. The van der Waals surface area contributed by atoms with Crippen LogP contribution in [0.2, 0.25) is 0 Å². The van der Waals surface area contributed by atoms with E-state index in [9.17, 15) is 4.79 Å². The minimum Gasteiger partial charge on any atom is -0.352 e. The highest BCUT2D eigenvalue weighted by atomic mass is 16.2. The fourth-order valence-corrected chi connectivity index (χ4v) is 3.82. The van der Waals surface area contributed by atoms with E-state index in [-0.39, 0.29) is 10.8 Å². The van der Waals surface area contributed by atoms with Crippen molar-refractivity contribution in [3.8, 4) is 0 Å². The molecule has 2 atom stereocenters. The van der Waals surface area contributed by atoms with Gasteiger partial charge in [0.05, 0.1) is 5.41 Å². The van der Waals surface area contributed by atoms with Crippen molar-refractivity contribution in [3.63, 3.8) is 0 Å².